The van der Waals surface area contributed by atoms with Crippen LogP contribution >= 0.6 is 22.6 Å². The molecule has 2 aromatic carbocycles. The van der Waals surface area contributed by atoms with E-state index in [0.717, 1.165) is 4.55 Å². The van der Waals surface area contributed by atoms with Gasteiger partial charge in [0.05, 0.1) is 0 Å². The molecule has 78 valence electrons. The third kappa shape index (κ3) is 2.32. The molecule has 0 heterocycles. The molecule has 0 unspecified atom stereocenters. The molecule has 0 aliphatic carbocycles. The smallest absolute Gasteiger partial charge is 0.0484 e. The molecule has 0 aromatic heterocycles. The minimum absolute atomic E-state index is 0.410. The van der Waals surface area contributed by atoms with Crippen LogP contribution in [0.5, 0.6) is 0 Å². The lowest BCUT2D eigenvalue weighted by Crippen LogP contribution is -2.16. The number of rotatable bonds is 3. The topological polar surface area (TPSA) is 12.0 Å². The Labute approximate surface area is 104 Å². The van der Waals surface area contributed by atoms with E-state index >= 15 is 0 Å². The molecule has 1 nitrogen and oxygen atoms in total. The lowest BCUT2D eigenvalue weighted by Gasteiger charge is -2.14. The molecule has 0 saturated carbocycles. The number of hydrogen-bond acceptors (Lipinski definition) is 1. The van der Waals surface area contributed by atoms with E-state index < -0.39 is 0 Å². The maximum absolute atomic E-state index is 3.44. The number of benzene rings is 2. The van der Waals surface area contributed by atoms with Crippen molar-refractivity contribution in [3.63, 3.8) is 0 Å². The van der Waals surface area contributed by atoms with Crippen LogP contribution in [-0.2, 0) is 0 Å². The maximum Gasteiger partial charge on any atom is 0.0484 e. The van der Waals surface area contributed by atoms with Crippen LogP contribution in [0.4, 0.5) is 0 Å². The third-order valence-electron chi connectivity index (χ3n) is 2.67. The van der Waals surface area contributed by atoms with Crippen LogP contribution in [0, 0.1) is 0 Å². The zero-order chi connectivity index (χ0) is 10.7. The zero-order valence-electron chi connectivity index (χ0n) is 8.70. The molecule has 0 bridgehead atoms. The van der Waals surface area contributed by atoms with Gasteiger partial charge in [0.15, 0.2) is 0 Å². The fraction of sp³-hybridized carbons (Fsp3) is 0.231. The molecule has 15 heavy (non-hydrogen) atoms. The Kier molecular flexibility index (Phi) is 3.59. The number of alkyl halides is 1. The number of halogens is 1. The normalized spacial score (nSPS) is 12.9. The van der Waals surface area contributed by atoms with Gasteiger partial charge in [0.2, 0.25) is 0 Å². The molecular weight excluding hydrogens is 297 g/mol. The van der Waals surface area contributed by atoms with Crippen molar-refractivity contribution >= 4 is 33.4 Å². The van der Waals surface area contributed by atoms with Crippen LogP contribution in [0.15, 0.2) is 42.5 Å². The van der Waals surface area contributed by atoms with Crippen molar-refractivity contribution in [1.29, 1.82) is 0 Å². The van der Waals surface area contributed by atoms with Gasteiger partial charge in [-0.3, -0.25) is 0 Å². The molecular formula is C13H14IN. The predicted molar refractivity (Wildman–Crippen MR) is 74.4 cm³/mol. The molecule has 2 heteroatoms. The highest BCUT2D eigenvalue weighted by molar-refractivity contribution is 14.1. The molecule has 0 saturated heterocycles. The van der Waals surface area contributed by atoms with E-state index in [9.17, 15) is 0 Å². The van der Waals surface area contributed by atoms with Crippen molar-refractivity contribution in [2.24, 2.45) is 0 Å². The molecule has 0 amide bonds. The first-order chi connectivity index (χ1) is 7.33. The third-order valence-corrected chi connectivity index (χ3v) is 3.11. The molecule has 0 fully saturated rings. The Balaban J connectivity index is 2.50. The van der Waals surface area contributed by atoms with E-state index in [1.165, 1.54) is 16.3 Å². The van der Waals surface area contributed by atoms with E-state index in [2.05, 4.69) is 77.3 Å². The van der Waals surface area contributed by atoms with Crippen molar-refractivity contribution in [1.82, 2.24) is 5.32 Å². The second-order valence-corrected chi connectivity index (χ2v) is 4.39. The molecule has 0 spiro atoms. The second-order valence-electron chi connectivity index (χ2n) is 3.63. The minimum Gasteiger partial charge on any atom is -0.301 e. The Morgan fingerprint density at radius 3 is 2.67 bits per heavy atom. The number of hydrogen-bond donors (Lipinski definition) is 1. The highest BCUT2D eigenvalue weighted by Crippen LogP contribution is 2.23. The summed E-state index contributed by atoms with van der Waals surface area (Å²) in [5.41, 5.74) is 1.38. The molecule has 1 N–H and O–H groups in total. The van der Waals surface area contributed by atoms with Gasteiger partial charge in [0.1, 0.15) is 0 Å². The van der Waals surface area contributed by atoms with Crippen molar-refractivity contribution in [2.75, 3.05) is 4.55 Å². The number of nitrogens with one attached hydrogen (secondary N) is 1. The minimum atomic E-state index is 0.410. The average Bonchev–Trinajstić information content (AvgIpc) is 2.28. The van der Waals surface area contributed by atoms with Gasteiger partial charge >= 0.3 is 0 Å². The zero-order valence-corrected chi connectivity index (χ0v) is 10.9. The summed E-state index contributed by atoms with van der Waals surface area (Å²) < 4.78 is 0.974. The van der Waals surface area contributed by atoms with Crippen molar-refractivity contribution in [3.8, 4) is 0 Å². The Bertz CT molecular complexity index is 448. The lowest BCUT2D eigenvalue weighted by atomic mass is 10.00. The summed E-state index contributed by atoms with van der Waals surface area (Å²) in [4.78, 5) is 0. The summed E-state index contributed by atoms with van der Waals surface area (Å²) in [7, 11) is 0. The van der Waals surface area contributed by atoms with Crippen molar-refractivity contribution < 1.29 is 0 Å². The highest BCUT2D eigenvalue weighted by atomic mass is 127. The summed E-state index contributed by atoms with van der Waals surface area (Å²) >= 11 is 2.34. The molecule has 1 atom stereocenters. The molecule has 0 aliphatic rings. The van der Waals surface area contributed by atoms with Gasteiger partial charge in [0.25, 0.3) is 0 Å². The van der Waals surface area contributed by atoms with Gasteiger partial charge < -0.3 is 5.32 Å². The Morgan fingerprint density at radius 1 is 1.13 bits per heavy atom. The Hall–Kier alpha value is -0.610. The summed E-state index contributed by atoms with van der Waals surface area (Å²) in [6.45, 7) is 2.21. The largest absolute Gasteiger partial charge is 0.301 e. The highest BCUT2D eigenvalue weighted by Gasteiger charge is 2.06. The monoisotopic (exact) mass is 311 g/mol. The van der Waals surface area contributed by atoms with E-state index in [0.29, 0.717) is 6.04 Å². The van der Waals surface area contributed by atoms with Crippen LogP contribution in [0.2, 0.25) is 0 Å². The van der Waals surface area contributed by atoms with Crippen LogP contribution in [-0.4, -0.2) is 4.55 Å². The van der Waals surface area contributed by atoms with Gasteiger partial charge in [-0.2, -0.15) is 0 Å². The summed E-state index contributed by atoms with van der Waals surface area (Å²) in [6.07, 6.45) is 0. The maximum atomic E-state index is 3.44. The van der Waals surface area contributed by atoms with Crippen molar-refractivity contribution in [2.45, 2.75) is 13.0 Å². The summed E-state index contributed by atoms with van der Waals surface area (Å²) in [6, 6.07) is 15.4. The van der Waals surface area contributed by atoms with E-state index in [-0.39, 0.29) is 0 Å². The fourth-order valence-corrected chi connectivity index (χ4v) is 2.51. The average molecular weight is 311 g/mol. The van der Waals surface area contributed by atoms with Gasteiger partial charge in [-0.25, -0.2) is 0 Å². The molecule has 0 radical (unpaired) electrons. The van der Waals surface area contributed by atoms with Gasteiger partial charge in [0, 0.05) is 10.6 Å². The second kappa shape index (κ2) is 4.94. The molecule has 2 rings (SSSR count). The van der Waals surface area contributed by atoms with Crippen LogP contribution in [0.1, 0.15) is 18.5 Å². The van der Waals surface area contributed by atoms with E-state index in [1.807, 2.05) is 0 Å². The van der Waals surface area contributed by atoms with Crippen LogP contribution < -0.4 is 5.32 Å². The van der Waals surface area contributed by atoms with Crippen LogP contribution in [0.25, 0.3) is 10.8 Å². The van der Waals surface area contributed by atoms with Gasteiger partial charge in [-0.15, -0.1) is 0 Å². The summed E-state index contributed by atoms with van der Waals surface area (Å²) in [5, 5.41) is 6.11. The first kappa shape index (κ1) is 10.9. The predicted octanol–water partition coefficient (Wildman–Crippen LogP) is 3.88. The standard InChI is InChI=1S/C13H14IN/c1-10(15-9-14)12-8-4-6-11-5-2-3-7-13(11)12/h2-8,10,15H,9H2,1H3/t10-/m0/s1. The fourth-order valence-electron chi connectivity index (χ4n) is 1.85. The van der Waals surface area contributed by atoms with E-state index in [4.69, 9.17) is 0 Å². The lowest BCUT2D eigenvalue weighted by molar-refractivity contribution is 0.651. The van der Waals surface area contributed by atoms with Crippen LogP contribution in [0.3, 0.4) is 0 Å². The molecule has 2 aromatic rings. The quantitative estimate of drug-likeness (QED) is 0.515. The first-order valence-corrected chi connectivity index (χ1v) is 6.62. The Morgan fingerprint density at radius 2 is 1.87 bits per heavy atom. The number of fused-ring (bicyclic) bond motifs is 1. The SMILES string of the molecule is C[C@H](NCI)c1cccc2ccccc12. The first-order valence-electron chi connectivity index (χ1n) is 5.10. The molecule has 0 aliphatic heterocycles. The van der Waals surface area contributed by atoms with Crippen molar-refractivity contribution in [3.05, 3.63) is 48.0 Å². The van der Waals surface area contributed by atoms with Gasteiger partial charge in [-0.1, -0.05) is 65.1 Å². The van der Waals surface area contributed by atoms with E-state index in [1.54, 1.807) is 0 Å². The van der Waals surface area contributed by atoms with Gasteiger partial charge in [-0.05, 0) is 23.3 Å². The summed E-state index contributed by atoms with van der Waals surface area (Å²) in [5.74, 6) is 0.